The smallest absolute Gasteiger partial charge is 0.200 e. The van der Waals surface area contributed by atoms with E-state index in [1.54, 1.807) is 7.11 Å². The van der Waals surface area contributed by atoms with Gasteiger partial charge in [0, 0.05) is 18.6 Å². The van der Waals surface area contributed by atoms with Crippen LogP contribution in [0.15, 0.2) is 6.07 Å². The molecule has 1 aromatic carbocycles. The van der Waals surface area contributed by atoms with E-state index in [0.29, 0.717) is 11.6 Å². The lowest BCUT2D eigenvalue weighted by atomic mass is 10.0. The monoisotopic (exact) mass is 256 g/mol. The summed E-state index contributed by atoms with van der Waals surface area (Å²) in [6.07, 6.45) is 1.57. The zero-order chi connectivity index (χ0) is 12.4. The van der Waals surface area contributed by atoms with Crippen LogP contribution in [-0.4, -0.2) is 20.0 Å². The van der Waals surface area contributed by atoms with Crippen LogP contribution in [0.25, 0.3) is 0 Å². The molecule has 0 aliphatic carbocycles. The van der Waals surface area contributed by atoms with Gasteiger partial charge >= 0.3 is 0 Å². The van der Waals surface area contributed by atoms with Crippen molar-refractivity contribution in [3.8, 4) is 11.5 Å². The first-order chi connectivity index (χ1) is 8.17. The fourth-order valence-corrected chi connectivity index (χ4v) is 2.30. The number of benzene rings is 1. The van der Waals surface area contributed by atoms with Crippen molar-refractivity contribution in [2.24, 2.45) is 0 Å². The largest absolute Gasteiger partial charge is 0.496 e. The van der Waals surface area contributed by atoms with Crippen LogP contribution < -0.4 is 9.47 Å². The molecule has 0 amide bonds. The first-order valence-electron chi connectivity index (χ1n) is 5.81. The number of hydrogen-bond acceptors (Lipinski definition) is 3. The molecule has 0 fully saturated rings. The second kappa shape index (κ2) is 5.15. The lowest BCUT2D eigenvalue weighted by molar-refractivity contribution is -0.0861. The number of fused-ring (bicyclic) bond motifs is 1. The van der Waals surface area contributed by atoms with Gasteiger partial charge in [-0.05, 0) is 31.9 Å². The maximum atomic E-state index is 6.30. The minimum absolute atomic E-state index is 0.183. The molecule has 2 rings (SSSR count). The van der Waals surface area contributed by atoms with Gasteiger partial charge in [0.05, 0.1) is 12.1 Å². The van der Waals surface area contributed by atoms with E-state index in [1.165, 1.54) is 0 Å². The summed E-state index contributed by atoms with van der Waals surface area (Å²) in [5.41, 5.74) is 2.00. The van der Waals surface area contributed by atoms with E-state index < -0.39 is 0 Å². The van der Waals surface area contributed by atoms with Gasteiger partial charge in [-0.25, -0.2) is 0 Å². The molecule has 17 heavy (non-hydrogen) atoms. The first kappa shape index (κ1) is 12.5. The molecule has 0 saturated carbocycles. The van der Waals surface area contributed by atoms with Crippen molar-refractivity contribution in [2.45, 2.75) is 33.0 Å². The van der Waals surface area contributed by atoms with Crippen molar-refractivity contribution in [2.75, 3.05) is 13.7 Å². The summed E-state index contributed by atoms with van der Waals surface area (Å²) < 4.78 is 16.5. The second-order valence-electron chi connectivity index (χ2n) is 4.05. The zero-order valence-corrected chi connectivity index (χ0v) is 11.1. The Bertz CT molecular complexity index is 418. The van der Waals surface area contributed by atoms with Gasteiger partial charge in [0.1, 0.15) is 11.5 Å². The molecular weight excluding hydrogens is 240 g/mol. The molecular formula is C13H17ClO3. The number of halogens is 1. The zero-order valence-electron chi connectivity index (χ0n) is 10.4. The third-order valence-corrected chi connectivity index (χ3v) is 3.42. The summed E-state index contributed by atoms with van der Waals surface area (Å²) in [5, 5.41) is 0.628. The van der Waals surface area contributed by atoms with E-state index in [4.69, 9.17) is 25.8 Å². The minimum atomic E-state index is -0.183. The van der Waals surface area contributed by atoms with E-state index in [1.807, 2.05) is 19.9 Å². The highest BCUT2D eigenvalue weighted by Gasteiger charge is 2.24. The van der Waals surface area contributed by atoms with E-state index in [0.717, 1.165) is 35.5 Å². The van der Waals surface area contributed by atoms with E-state index in [2.05, 4.69) is 0 Å². The molecule has 0 N–H and O–H groups in total. The predicted molar refractivity (Wildman–Crippen MR) is 67.1 cm³/mol. The van der Waals surface area contributed by atoms with Crippen LogP contribution in [-0.2, 0) is 11.2 Å². The van der Waals surface area contributed by atoms with Gasteiger partial charge in [0.2, 0.25) is 0 Å². The van der Waals surface area contributed by atoms with Crippen molar-refractivity contribution in [1.82, 2.24) is 0 Å². The molecule has 94 valence electrons. The third-order valence-electron chi connectivity index (χ3n) is 2.97. The molecule has 0 spiro atoms. The summed E-state index contributed by atoms with van der Waals surface area (Å²) in [5.74, 6) is 1.56. The van der Waals surface area contributed by atoms with Gasteiger partial charge < -0.3 is 14.2 Å². The average molecular weight is 257 g/mol. The number of ether oxygens (including phenoxy) is 3. The predicted octanol–water partition coefficient (Wildman–Crippen LogP) is 3.34. The van der Waals surface area contributed by atoms with Gasteiger partial charge in [0.15, 0.2) is 6.29 Å². The lowest BCUT2D eigenvalue weighted by Gasteiger charge is -2.27. The maximum Gasteiger partial charge on any atom is 0.200 e. The van der Waals surface area contributed by atoms with Crippen LogP contribution in [0.5, 0.6) is 11.5 Å². The first-order valence-corrected chi connectivity index (χ1v) is 6.19. The van der Waals surface area contributed by atoms with Crippen molar-refractivity contribution in [1.29, 1.82) is 0 Å². The van der Waals surface area contributed by atoms with Gasteiger partial charge in [-0.3, -0.25) is 0 Å². The summed E-state index contributed by atoms with van der Waals surface area (Å²) in [6, 6.07) is 2.00. The van der Waals surface area contributed by atoms with Gasteiger partial charge in [0.25, 0.3) is 0 Å². The molecule has 3 nitrogen and oxygen atoms in total. The summed E-state index contributed by atoms with van der Waals surface area (Å²) in [4.78, 5) is 0. The topological polar surface area (TPSA) is 27.7 Å². The number of rotatable bonds is 3. The molecule has 0 aromatic heterocycles. The van der Waals surface area contributed by atoms with Gasteiger partial charge in [-0.1, -0.05) is 11.6 Å². The molecule has 1 heterocycles. The average Bonchev–Trinajstić information content (AvgIpc) is 2.34. The molecule has 1 aromatic rings. The van der Waals surface area contributed by atoms with E-state index in [-0.39, 0.29) is 6.29 Å². The van der Waals surface area contributed by atoms with Crippen molar-refractivity contribution >= 4 is 11.6 Å². The Morgan fingerprint density at radius 1 is 1.53 bits per heavy atom. The minimum Gasteiger partial charge on any atom is -0.496 e. The van der Waals surface area contributed by atoms with Crippen molar-refractivity contribution in [3.63, 3.8) is 0 Å². The number of aryl methyl sites for hydroxylation is 1. The molecule has 1 unspecified atom stereocenters. The molecule has 1 atom stereocenters. The fourth-order valence-electron chi connectivity index (χ4n) is 2.04. The SMILES string of the molecule is CCOC1CCc2cc(OC)c(C)c(Cl)c2O1. The quantitative estimate of drug-likeness (QED) is 0.830. The normalized spacial score (nSPS) is 18.5. The van der Waals surface area contributed by atoms with Crippen molar-refractivity contribution in [3.05, 3.63) is 22.2 Å². The standard InChI is InChI=1S/C13H17ClO3/c1-4-16-11-6-5-9-7-10(15-3)8(2)12(14)13(9)17-11/h7,11H,4-6H2,1-3H3. The highest BCUT2D eigenvalue weighted by molar-refractivity contribution is 6.33. The van der Waals surface area contributed by atoms with Gasteiger partial charge in [-0.2, -0.15) is 0 Å². The van der Waals surface area contributed by atoms with Crippen molar-refractivity contribution < 1.29 is 14.2 Å². The number of hydrogen-bond donors (Lipinski definition) is 0. The maximum absolute atomic E-state index is 6.30. The lowest BCUT2D eigenvalue weighted by Crippen LogP contribution is -2.26. The Morgan fingerprint density at radius 2 is 2.29 bits per heavy atom. The Balaban J connectivity index is 2.34. The Labute approximate surface area is 107 Å². The Morgan fingerprint density at radius 3 is 2.94 bits per heavy atom. The molecule has 1 aliphatic heterocycles. The Kier molecular flexibility index (Phi) is 3.79. The third kappa shape index (κ3) is 2.35. The summed E-state index contributed by atoms with van der Waals surface area (Å²) >= 11 is 6.30. The van der Waals surface area contributed by atoms with Crippen LogP contribution in [0.4, 0.5) is 0 Å². The number of methoxy groups -OCH3 is 1. The molecule has 0 bridgehead atoms. The molecule has 0 saturated heterocycles. The Hall–Kier alpha value is -0.930. The highest BCUT2D eigenvalue weighted by atomic mass is 35.5. The molecule has 4 heteroatoms. The molecule has 0 radical (unpaired) electrons. The second-order valence-corrected chi connectivity index (χ2v) is 4.43. The molecule has 1 aliphatic rings. The van der Waals surface area contributed by atoms with E-state index >= 15 is 0 Å². The van der Waals surface area contributed by atoms with Crippen LogP contribution in [0.3, 0.4) is 0 Å². The van der Waals surface area contributed by atoms with Gasteiger partial charge in [-0.15, -0.1) is 0 Å². The fraction of sp³-hybridized carbons (Fsp3) is 0.538. The van der Waals surface area contributed by atoms with Crippen LogP contribution in [0.1, 0.15) is 24.5 Å². The van der Waals surface area contributed by atoms with E-state index in [9.17, 15) is 0 Å². The highest BCUT2D eigenvalue weighted by Crippen LogP contribution is 2.41. The summed E-state index contributed by atoms with van der Waals surface area (Å²) in [6.45, 7) is 4.53. The van der Waals surface area contributed by atoms with Crippen LogP contribution >= 0.6 is 11.6 Å². The summed E-state index contributed by atoms with van der Waals surface area (Å²) in [7, 11) is 1.65. The van der Waals surface area contributed by atoms with Crippen LogP contribution in [0, 0.1) is 6.92 Å². The van der Waals surface area contributed by atoms with Crippen LogP contribution in [0.2, 0.25) is 5.02 Å².